The Morgan fingerprint density at radius 1 is 1.69 bits per heavy atom. The van der Waals surface area contributed by atoms with Crippen LogP contribution in [0.15, 0.2) is 12.3 Å². The topological polar surface area (TPSA) is 84.3 Å². The molecule has 0 amide bonds. The van der Waals surface area contributed by atoms with Crippen molar-refractivity contribution in [2.24, 2.45) is 0 Å². The van der Waals surface area contributed by atoms with E-state index in [1.807, 2.05) is 6.92 Å². The van der Waals surface area contributed by atoms with E-state index in [1.54, 1.807) is 6.07 Å². The molecule has 1 aromatic heterocycles. The molecule has 0 aliphatic carbocycles. The lowest BCUT2D eigenvalue weighted by atomic mass is 10.2. The first-order valence-electron chi connectivity index (χ1n) is 5.00. The van der Waals surface area contributed by atoms with Crippen LogP contribution in [0.25, 0.3) is 0 Å². The Labute approximate surface area is 93.7 Å². The zero-order chi connectivity index (χ0) is 12.0. The van der Waals surface area contributed by atoms with E-state index >= 15 is 0 Å². The van der Waals surface area contributed by atoms with E-state index in [4.69, 9.17) is 5.11 Å². The van der Waals surface area contributed by atoms with Crippen LogP contribution in [0, 0.1) is 0 Å². The molecule has 0 aliphatic rings. The average Bonchev–Trinajstić information content (AvgIpc) is 2.35. The van der Waals surface area contributed by atoms with Crippen molar-refractivity contribution < 1.29 is 14.6 Å². The van der Waals surface area contributed by atoms with Crippen molar-refractivity contribution in [2.75, 3.05) is 19.0 Å². The molecule has 0 fully saturated rings. The van der Waals surface area contributed by atoms with Crippen LogP contribution < -0.4 is 5.32 Å². The van der Waals surface area contributed by atoms with Crippen LogP contribution in [0.2, 0.25) is 0 Å². The van der Waals surface area contributed by atoms with Crippen LogP contribution in [0.3, 0.4) is 0 Å². The van der Waals surface area contributed by atoms with E-state index in [2.05, 4.69) is 20.0 Å². The van der Waals surface area contributed by atoms with Gasteiger partial charge in [0.2, 0.25) is 5.82 Å². The number of hydrogen-bond acceptors (Lipinski definition) is 6. The zero-order valence-electron chi connectivity index (χ0n) is 9.30. The number of aromatic nitrogens is 2. The van der Waals surface area contributed by atoms with Crippen LogP contribution in [0.4, 0.5) is 5.82 Å². The number of hydrogen-bond donors (Lipinski definition) is 2. The SMILES string of the molecule is CCC(CO)Nc1ccnc(C(=O)OC)n1. The number of rotatable bonds is 5. The van der Waals surface area contributed by atoms with Crippen LogP contribution >= 0.6 is 0 Å². The van der Waals surface area contributed by atoms with Gasteiger partial charge in [-0.2, -0.15) is 0 Å². The Hall–Kier alpha value is -1.69. The number of aliphatic hydroxyl groups excluding tert-OH is 1. The molecule has 0 saturated carbocycles. The number of carbonyl (C=O) groups is 1. The number of methoxy groups -OCH3 is 1. The van der Waals surface area contributed by atoms with Crippen LogP contribution in [0.1, 0.15) is 24.0 Å². The molecule has 6 nitrogen and oxygen atoms in total. The molecule has 0 saturated heterocycles. The Balaban J connectivity index is 2.78. The van der Waals surface area contributed by atoms with Gasteiger partial charge in [-0.05, 0) is 12.5 Å². The van der Waals surface area contributed by atoms with Crippen molar-refractivity contribution >= 4 is 11.8 Å². The Bertz CT molecular complexity index is 353. The number of nitrogens with one attached hydrogen (secondary N) is 1. The van der Waals surface area contributed by atoms with Gasteiger partial charge in [0.05, 0.1) is 19.8 Å². The predicted molar refractivity (Wildman–Crippen MR) is 58.2 cm³/mol. The third-order valence-corrected chi connectivity index (χ3v) is 2.09. The zero-order valence-corrected chi connectivity index (χ0v) is 9.30. The van der Waals surface area contributed by atoms with Crippen molar-refractivity contribution in [2.45, 2.75) is 19.4 Å². The summed E-state index contributed by atoms with van der Waals surface area (Å²) in [6, 6.07) is 1.55. The fourth-order valence-electron chi connectivity index (χ4n) is 1.11. The van der Waals surface area contributed by atoms with Crippen LogP contribution in [-0.4, -0.2) is 40.8 Å². The molecule has 0 aromatic carbocycles. The molecule has 0 aliphatic heterocycles. The first kappa shape index (κ1) is 12.4. The maximum atomic E-state index is 11.2. The second kappa shape index (κ2) is 6.02. The highest BCUT2D eigenvalue weighted by molar-refractivity contribution is 5.85. The van der Waals surface area contributed by atoms with Crippen molar-refractivity contribution in [1.82, 2.24) is 9.97 Å². The summed E-state index contributed by atoms with van der Waals surface area (Å²) in [6.45, 7) is 1.95. The molecule has 88 valence electrons. The van der Waals surface area contributed by atoms with Gasteiger partial charge in [0.1, 0.15) is 5.82 Å². The number of esters is 1. The maximum absolute atomic E-state index is 11.2. The molecule has 0 spiro atoms. The fourth-order valence-corrected chi connectivity index (χ4v) is 1.11. The molecule has 1 heterocycles. The number of aliphatic hydroxyl groups is 1. The lowest BCUT2D eigenvalue weighted by molar-refractivity contribution is 0.0587. The molecule has 1 rings (SSSR count). The highest BCUT2D eigenvalue weighted by atomic mass is 16.5. The van der Waals surface area contributed by atoms with E-state index < -0.39 is 5.97 Å². The Morgan fingerprint density at radius 3 is 3.00 bits per heavy atom. The summed E-state index contributed by atoms with van der Waals surface area (Å²) in [6.07, 6.45) is 2.22. The molecule has 1 unspecified atom stereocenters. The molecule has 2 N–H and O–H groups in total. The lowest BCUT2D eigenvalue weighted by Gasteiger charge is -2.14. The Morgan fingerprint density at radius 2 is 2.44 bits per heavy atom. The molecule has 1 aromatic rings. The van der Waals surface area contributed by atoms with Gasteiger partial charge < -0.3 is 15.2 Å². The van der Waals surface area contributed by atoms with Gasteiger partial charge in [-0.15, -0.1) is 0 Å². The van der Waals surface area contributed by atoms with E-state index in [-0.39, 0.29) is 18.5 Å². The largest absolute Gasteiger partial charge is 0.463 e. The summed E-state index contributed by atoms with van der Waals surface area (Å²) in [7, 11) is 1.27. The quantitative estimate of drug-likeness (QED) is 0.708. The molecular formula is C10H15N3O3. The van der Waals surface area contributed by atoms with Gasteiger partial charge in [0.25, 0.3) is 0 Å². The van der Waals surface area contributed by atoms with Crippen LogP contribution in [-0.2, 0) is 4.74 Å². The standard InChI is InChI=1S/C10H15N3O3/c1-3-7(6-14)12-8-4-5-11-9(13-8)10(15)16-2/h4-5,7,14H,3,6H2,1-2H3,(H,11,12,13). The van der Waals surface area contributed by atoms with E-state index in [0.29, 0.717) is 5.82 Å². The molecule has 0 bridgehead atoms. The van der Waals surface area contributed by atoms with Crippen molar-refractivity contribution in [3.05, 3.63) is 18.1 Å². The number of nitrogens with zero attached hydrogens (tertiary/aromatic N) is 2. The minimum Gasteiger partial charge on any atom is -0.463 e. The number of anilines is 1. The van der Waals surface area contributed by atoms with Gasteiger partial charge in [0.15, 0.2) is 0 Å². The first-order chi connectivity index (χ1) is 7.71. The van der Waals surface area contributed by atoms with Gasteiger partial charge >= 0.3 is 5.97 Å². The minimum absolute atomic E-state index is 0.000271. The van der Waals surface area contributed by atoms with E-state index in [0.717, 1.165) is 6.42 Å². The van der Waals surface area contributed by atoms with Crippen molar-refractivity contribution in [3.8, 4) is 0 Å². The number of ether oxygens (including phenoxy) is 1. The second-order valence-electron chi connectivity index (χ2n) is 3.19. The lowest BCUT2D eigenvalue weighted by Crippen LogP contribution is -2.23. The molecule has 1 atom stereocenters. The predicted octanol–water partition coefficient (Wildman–Crippen LogP) is 0.446. The van der Waals surface area contributed by atoms with Gasteiger partial charge in [-0.1, -0.05) is 6.92 Å². The third-order valence-electron chi connectivity index (χ3n) is 2.09. The molecule has 0 radical (unpaired) electrons. The Kier molecular flexibility index (Phi) is 4.65. The number of carbonyl (C=O) groups excluding carboxylic acids is 1. The molecule has 16 heavy (non-hydrogen) atoms. The highest BCUT2D eigenvalue weighted by Crippen LogP contribution is 2.06. The smallest absolute Gasteiger partial charge is 0.376 e. The second-order valence-corrected chi connectivity index (χ2v) is 3.19. The summed E-state index contributed by atoms with van der Waals surface area (Å²) >= 11 is 0. The van der Waals surface area contributed by atoms with E-state index in [9.17, 15) is 4.79 Å². The normalized spacial score (nSPS) is 11.9. The van der Waals surface area contributed by atoms with Crippen molar-refractivity contribution in [1.29, 1.82) is 0 Å². The summed E-state index contributed by atoms with van der Waals surface area (Å²) in [5, 5.41) is 12.0. The first-order valence-corrected chi connectivity index (χ1v) is 5.00. The minimum atomic E-state index is -0.583. The summed E-state index contributed by atoms with van der Waals surface area (Å²) < 4.78 is 4.51. The summed E-state index contributed by atoms with van der Waals surface area (Å²) in [5.41, 5.74) is 0. The average molecular weight is 225 g/mol. The maximum Gasteiger partial charge on any atom is 0.376 e. The summed E-state index contributed by atoms with van der Waals surface area (Å²) in [5.74, 6) is -0.0858. The van der Waals surface area contributed by atoms with Crippen molar-refractivity contribution in [3.63, 3.8) is 0 Å². The molecule has 6 heteroatoms. The van der Waals surface area contributed by atoms with Gasteiger partial charge in [-0.25, -0.2) is 14.8 Å². The van der Waals surface area contributed by atoms with Gasteiger partial charge in [-0.3, -0.25) is 0 Å². The third kappa shape index (κ3) is 3.16. The highest BCUT2D eigenvalue weighted by Gasteiger charge is 2.11. The van der Waals surface area contributed by atoms with E-state index in [1.165, 1.54) is 13.3 Å². The molecular weight excluding hydrogens is 210 g/mol. The van der Waals surface area contributed by atoms with Crippen LogP contribution in [0.5, 0.6) is 0 Å². The fraction of sp³-hybridized carbons (Fsp3) is 0.500. The van der Waals surface area contributed by atoms with Gasteiger partial charge in [0, 0.05) is 6.20 Å². The summed E-state index contributed by atoms with van der Waals surface area (Å²) in [4.78, 5) is 18.9. The monoisotopic (exact) mass is 225 g/mol.